The number of non-ortho nitro benzene ring substituents is 1. The van der Waals surface area contributed by atoms with Gasteiger partial charge in [0.2, 0.25) is 0 Å². The van der Waals surface area contributed by atoms with Crippen LogP contribution in [0.4, 0.5) is 5.69 Å². The lowest BCUT2D eigenvalue weighted by Gasteiger charge is -2.11. The maximum Gasteiger partial charge on any atom is 0.277 e. The van der Waals surface area contributed by atoms with Crippen molar-refractivity contribution in [2.24, 2.45) is 5.10 Å². The first-order valence-corrected chi connectivity index (χ1v) is 9.59. The van der Waals surface area contributed by atoms with Crippen molar-refractivity contribution in [2.45, 2.75) is 6.61 Å². The van der Waals surface area contributed by atoms with Crippen LogP contribution in [0.25, 0.3) is 0 Å². The number of nitrogens with one attached hydrogen (secondary N) is 1. The number of hydrogen-bond donors (Lipinski definition) is 1. The second-order valence-electron chi connectivity index (χ2n) is 6.52. The monoisotopic (exact) mass is 435 g/mol. The van der Waals surface area contributed by atoms with Crippen molar-refractivity contribution in [3.8, 4) is 17.2 Å². The highest BCUT2D eigenvalue weighted by molar-refractivity contribution is 5.83. The van der Waals surface area contributed by atoms with Gasteiger partial charge in [-0.3, -0.25) is 14.9 Å². The van der Waals surface area contributed by atoms with Gasteiger partial charge in [-0.25, -0.2) is 5.43 Å². The quantitative estimate of drug-likeness (QED) is 0.295. The Morgan fingerprint density at radius 1 is 1.03 bits per heavy atom. The second-order valence-corrected chi connectivity index (χ2v) is 6.52. The lowest BCUT2D eigenvalue weighted by Crippen LogP contribution is -2.24. The summed E-state index contributed by atoms with van der Waals surface area (Å²) in [4.78, 5) is 22.0. The number of nitro benzene ring substituents is 1. The van der Waals surface area contributed by atoms with E-state index in [1.165, 1.54) is 30.5 Å². The Morgan fingerprint density at radius 2 is 1.78 bits per heavy atom. The van der Waals surface area contributed by atoms with E-state index in [4.69, 9.17) is 14.2 Å². The molecule has 0 heterocycles. The van der Waals surface area contributed by atoms with E-state index < -0.39 is 10.8 Å². The summed E-state index contributed by atoms with van der Waals surface area (Å²) in [6, 6.07) is 20.5. The van der Waals surface area contributed by atoms with Crippen molar-refractivity contribution in [3.05, 3.63) is 94.0 Å². The summed E-state index contributed by atoms with van der Waals surface area (Å²) in [6.45, 7) is 0.125. The summed E-state index contributed by atoms with van der Waals surface area (Å²) in [6.07, 6.45) is 1.47. The summed E-state index contributed by atoms with van der Waals surface area (Å²) in [5, 5.41) is 14.5. The summed E-state index contributed by atoms with van der Waals surface area (Å²) < 4.78 is 16.5. The van der Waals surface area contributed by atoms with Crippen molar-refractivity contribution in [1.82, 2.24) is 5.43 Å². The third-order valence-corrected chi connectivity index (χ3v) is 4.25. The topological polar surface area (TPSA) is 112 Å². The van der Waals surface area contributed by atoms with Crippen LogP contribution < -0.4 is 19.6 Å². The van der Waals surface area contributed by atoms with Crippen LogP contribution in [-0.2, 0) is 11.4 Å². The Bertz CT molecular complexity index is 1080. The number of ether oxygens (including phenoxy) is 3. The number of nitro groups is 1. The van der Waals surface area contributed by atoms with Crippen LogP contribution in [0, 0.1) is 10.1 Å². The van der Waals surface area contributed by atoms with Gasteiger partial charge in [-0.2, -0.15) is 5.10 Å². The van der Waals surface area contributed by atoms with E-state index in [9.17, 15) is 14.9 Å². The van der Waals surface area contributed by atoms with Crippen LogP contribution >= 0.6 is 0 Å². The number of hydrogen-bond acceptors (Lipinski definition) is 7. The Labute approximate surface area is 184 Å². The zero-order valence-corrected chi connectivity index (χ0v) is 17.3. The minimum atomic E-state index is -0.512. The molecular formula is C23H21N3O6. The summed E-state index contributed by atoms with van der Waals surface area (Å²) in [5.41, 5.74) is 4.04. The maximum absolute atomic E-state index is 11.9. The number of carbonyl (C=O) groups excluding carboxylic acids is 1. The smallest absolute Gasteiger partial charge is 0.277 e. The third-order valence-electron chi connectivity index (χ3n) is 4.25. The standard InChI is InChI=1S/C23H21N3O6/c1-30-22-13-18(7-12-21(22)32-15-17-5-3-2-4-6-17)14-24-25-23(27)16-31-20-10-8-19(9-11-20)26(28)29/h2-14H,15-16H2,1H3,(H,25,27)/b24-14-. The van der Waals surface area contributed by atoms with Gasteiger partial charge in [0.1, 0.15) is 12.4 Å². The Hall–Kier alpha value is -4.40. The molecule has 0 aromatic heterocycles. The van der Waals surface area contributed by atoms with E-state index in [0.717, 1.165) is 5.56 Å². The molecule has 0 radical (unpaired) electrons. The van der Waals surface area contributed by atoms with Crippen molar-refractivity contribution >= 4 is 17.8 Å². The average molecular weight is 435 g/mol. The molecule has 0 spiro atoms. The van der Waals surface area contributed by atoms with Crippen LogP contribution in [0.15, 0.2) is 77.9 Å². The van der Waals surface area contributed by atoms with Gasteiger partial charge in [0.25, 0.3) is 11.6 Å². The molecule has 1 N–H and O–H groups in total. The van der Waals surface area contributed by atoms with Gasteiger partial charge in [0.15, 0.2) is 18.1 Å². The van der Waals surface area contributed by atoms with E-state index >= 15 is 0 Å². The fourth-order valence-electron chi connectivity index (χ4n) is 2.64. The lowest BCUT2D eigenvalue weighted by molar-refractivity contribution is -0.384. The van der Waals surface area contributed by atoms with Crippen LogP contribution in [0.1, 0.15) is 11.1 Å². The number of carbonyl (C=O) groups is 1. The lowest BCUT2D eigenvalue weighted by atomic mass is 10.2. The van der Waals surface area contributed by atoms with E-state index in [1.54, 1.807) is 25.3 Å². The molecule has 3 aromatic rings. The first-order chi connectivity index (χ1) is 15.5. The Kier molecular flexibility index (Phi) is 7.74. The molecule has 3 rings (SSSR count). The highest BCUT2D eigenvalue weighted by Gasteiger charge is 2.07. The van der Waals surface area contributed by atoms with Gasteiger partial charge < -0.3 is 14.2 Å². The molecule has 0 fully saturated rings. The molecule has 0 atom stereocenters. The molecule has 1 amide bonds. The predicted octanol–water partition coefficient (Wildman–Crippen LogP) is 3.71. The first-order valence-electron chi connectivity index (χ1n) is 9.59. The van der Waals surface area contributed by atoms with E-state index in [-0.39, 0.29) is 12.3 Å². The highest BCUT2D eigenvalue weighted by atomic mass is 16.6. The Balaban J connectivity index is 1.49. The summed E-state index contributed by atoms with van der Waals surface area (Å²) in [7, 11) is 1.54. The normalized spacial score (nSPS) is 10.5. The average Bonchev–Trinajstić information content (AvgIpc) is 2.82. The third kappa shape index (κ3) is 6.56. The highest BCUT2D eigenvalue weighted by Crippen LogP contribution is 2.28. The van der Waals surface area contributed by atoms with Gasteiger partial charge in [-0.05, 0) is 41.5 Å². The van der Waals surface area contributed by atoms with E-state index in [2.05, 4.69) is 10.5 Å². The fraction of sp³-hybridized carbons (Fsp3) is 0.130. The number of methoxy groups -OCH3 is 1. The second kappa shape index (κ2) is 11.1. The first kappa shape index (κ1) is 22.3. The molecule has 0 aliphatic rings. The van der Waals surface area contributed by atoms with Crippen molar-refractivity contribution < 1.29 is 23.9 Å². The predicted molar refractivity (Wildman–Crippen MR) is 118 cm³/mol. The molecule has 0 aliphatic heterocycles. The molecule has 32 heavy (non-hydrogen) atoms. The number of rotatable bonds is 10. The molecule has 9 nitrogen and oxygen atoms in total. The number of benzene rings is 3. The molecular weight excluding hydrogens is 414 g/mol. The molecule has 164 valence electrons. The summed E-state index contributed by atoms with van der Waals surface area (Å²) in [5.74, 6) is 0.992. The number of amides is 1. The zero-order valence-electron chi connectivity index (χ0n) is 17.3. The fourth-order valence-corrected chi connectivity index (χ4v) is 2.64. The van der Waals surface area contributed by atoms with Crippen LogP contribution in [0.3, 0.4) is 0 Å². The molecule has 0 saturated heterocycles. The van der Waals surface area contributed by atoms with Gasteiger partial charge in [0, 0.05) is 12.1 Å². The van der Waals surface area contributed by atoms with Gasteiger partial charge >= 0.3 is 0 Å². The van der Waals surface area contributed by atoms with Crippen LogP contribution in [0.2, 0.25) is 0 Å². The largest absolute Gasteiger partial charge is 0.493 e. The SMILES string of the molecule is COc1cc(/C=N\NC(=O)COc2ccc([N+](=O)[O-])cc2)ccc1OCc1ccccc1. The molecule has 0 bridgehead atoms. The summed E-state index contributed by atoms with van der Waals surface area (Å²) >= 11 is 0. The van der Waals surface area contributed by atoms with Crippen molar-refractivity contribution in [1.29, 1.82) is 0 Å². The minimum Gasteiger partial charge on any atom is -0.493 e. The molecule has 3 aromatic carbocycles. The maximum atomic E-state index is 11.9. The van der Waals surface area contributed by atoms with Gasteiger partial charge in [-0.1, -0.05) is 30.3 Å². The van der Waals surface area contributed by atoms with Crippen LogP contribution in [0.5, 0.6) is 17.2 Å². The number of nitrogens with zero attached hydrogens (tertiary/aromatic N) is 2. The Morgan fingerprint density at radius 3 is 2.47 bits per heavy atom. The molecule has 0 saturated carbocycles. The zero-order chi connectivity index (χ0) is 22.8. The van der Waals surface area contributed by atoms with E-state index in [1.807, 2.05) is 30.3 Å². The van der Waals surface area contributed by atoms with Gasteiger partial charge in [-0.15, -0.1) is 0 Å². The van der Waals surface area contributed by atoms with Crippen molar-refractivity contribution in [2.75, 3.05) is 13.7 Å². The van der Waals surface area contributed by atoms with Crippen molar-refractivity contribution in [3.63, 3.8) is 0 Å². The molecule has 9 heteroatoms. The number of hydrazone groups is 1. The van der Waals surface area contributed by atoms with E-state index in [0.29, 0.717) is 29.4 Å². The molecule has 0 aliphatic carbocycles. The van der Waals surface area contributed by atoms with Crippen LogP contribution in [-0.4, -0.2) is 30.8 Å². The molecule has 0 unspecified atom stereocenters. The van der Waals surface area contributed by atoms with Gasteiger partial charge in [0.05, 0.1) is 18.2 Å². The minimum absolute atomic E-state index is 0.0571.